The molecule has 6 heteroatoms. The number of hydrogen-bond acceptors (Lipinski definition) is 4. The second-order valence-electron chi connectivity index (χ2n) is 4.67. The Morgan fingerprint density at radius 3 is 2.62 bits per heavy atom. The Hall–Kier alpha value is -1.75. The molecule has 0 heterocycles. The SMILES string of the molecule is CCOC(=O)CN(C)C(=O)C(C)Oc1ccc(Cl)cc1C. The number of aryl methyl sites for hydroxylation is 1. The lowest BCUT2D eigenvalue weighted by Crippen LogP contribution is -2.41. The van der Waals surface area contributed by atoms with E-state index >= 15 is 0 Å². The molecule has 1 rings (SSSR count). The number of amides is 1. The summed E-state index contributed by atoms with van der Waals surface area (Å²) in [5.41, 5.74) is 0.843. The van der Waals surface area contributed by atoms with Gasteiger partial charge in [0.15, 0.2) is 6.10 Å². The summed E-state index contributed by atoms with van der Waals surface area (Å²) in [7, 11) is 1.54. The van der Waals surface area contributed by atoms with Crippen molar-refractivity contribution in [3.8, 4) is 5.75 Å². The molecule has 0 radical (unpaired) electrons. The molecular weight excluding hydrogens is 294 g/mol. The second-order valence-corrected chi connectivity index (χ2v) is 5.11. The molecule has 0 aliphatic rings. The number of esters is 1. The number of likely N-dealkylation sites (N-methyl/N-ethyl adjacent to an activating group) is 1. The van der Waals surface area contributed by atoms with Crippen molar-refractivity contribution in [2.75, 3.05) is 20.2 Å². The third-order valence-corrected chi connectivity index (χ3v) is 3.07. The molecule has 0 spiro atoms. The summed E-state index contributed by atoms with van der Waals surface area (Å²) >= 11 is 5.87. The van der Waals surface area contributed by atoms with Gasteiger partial charge in [-0.15, -0.1) is 0 Å². The molecule has 0 N–H and O–H groups in total. The van der Waals surface area contributed by atoms with Gasteiger partial charge in [-0.25, -0.2) is 0 Å². The van der Waals surface area contributed by atoms with Crippen LogP contribution >= 0.6 is 11.6 Å². The first kappa shape index (κ1) is 17.3. The first-order valence-corrected chi connectivity index (χ1v) is 7.06. The highest BCUT2D eigenvalue weighted by molar-refractivity contribution is 6.30. The predicted molar refractivity (Wildman–Crippen MR) is 80.5 cm³/mol. The van der Waals surface area contributed by atoms with Crippen molar-refractivity contribution in [3.05, 3.63) is 28.8 Å². The highest BCUT2D eigenvalue weighted by Gasteiger charge is 2.22. The molecule has 0 aliphatic carbocycles. The van der Waals surface area contributed by atoms with E-state index in [0.717, 1.165) is 5.56 Å². The quantitative estimate of drug-likeness (QED) is 0.757. The van der Waals surface area contributed by atoms with Crippen molar-refractivity contribution in [2.45, 2.75) is 26.9 Å². The van der Waals surface area contributed by atoms with Crippen LogP contribution in [0, 0.1) is 6.92 Å². The summed E-state index contributed by atoms with van der Waals surface area (Å²) < 4.78 is 10.4. The number of carbonyl (C=O) groups excluding carboxylic acids is 2. The van der Waals surface area contributed by atoms with Crippen molar-refractivity contribution in [3.63, 3.8) is 0 Å². The number of hydrogen-bond donors (Lipinski definition) is 0. The number of rotatable bonds is 6. The molecule has 1 aromatic carbocycles. The molecule has 0 fully saturated rings. The molecule has 0 saturated carbocycles. The maximum atomic E-state index is 12.1. The molecule has 116 valence electrons. The molecule has 0 bridgehead atoms. The summed E-state index contributed by atoms with van der Waals surface area (Å²) in [6, 6.07) is 5.17. The summed E-state index contributed by atoms with van der Waals surface area (Å²) in [5.74, 6) is -0.148. The van der Waals surface area contributed by atoms with Crippen molar-refractivity contribution < 1.29 is 19.1 Å². The van der Waals surface area contributed by atoms with E-state index in [9.17, 15) is 9.59 Å². The predicted octanol–water partition coefficient (Wildman–Crippen LogP) is 2.44. The van der Waals surface area contributed by atoms with Crippen LogP contribution in [0.4, 0.5) is 0 Å². The molecule has 1 amide bonds. The number of benzene rings is 1. The van der Waals surface area contributed by atoms with Crippen molar-refractivity contribution >= 4 is 23.5 Å². The average molecular weight is 314 g/mol. The topological polar surface area (TPSA) is 55.8 Å². The first-order valence-electron chi connectivity index (χ1n) is 6.68. The lowest BCUT2D eigenvalue weighted by Gasteiger charge is -2.22. The molecule has 0 saturated heterocycles. The van der Waals surface area contributed by atoms with Gasteiger partial charge in [-0.2, -0.15) is 0 Å². The molecule has 21 heavy (non-hydrogen) atoms. The fourth-order valence-electron chi connectivity index (χ4n) is 1.77. The van der Waals surface area contributed by atoms with Gasteiger partial charge in [0.25, 0.3) is 5.91 Å². The van der Waals surface area contributed by atoms with Crippen LogP contribution in [0.5, 0.6) is 5.75 Å². The van der Waals surface area contributed by atoms with Gasteiger partial charge in [0, 0.05) is 12.1 Å². The normalized spacial score (nSPS) is 11.7. The fourth-order valence-corrected chi connectivity index (χ4v) is 2.00. The molecule has 1 aromatic rings. The third-order valence-electron chi connectivity index (χ3n) is 2.84. The Balaban J connectivity index is 2.63. The van der Waals surface area contributed by atoms with E-state index in [0.29, 0.717) is 10.8 Å². The highest BCUT2D eigenvalue weighted by atomic mass is 35.5. The smallest absolute Gasteiger partial charge is 0.325 e. The van der Waals surface area contributed by atoms with Gasteiger partial charge < -0.3 is 14.4 Å². The van der Waals surface area contributed by atoms with Crippen molar-refractivity contribution in [1.29, 1.82) is 0 Å². The van der Waals surface area contributed by atoms with Crippen LogP contribution in [-0.4, -0.2) is 43.1 Å². The summed E-state index contributed by atoms with van der Waals surface area (Å²) in [6.07, 6.45) is -0.704. The highest BCUT2D eigenvalue weighted by Crippen LogP contribution is 2.23. The average Bonchev–Trinajstić information content (AvgIpc) is 2.41. The van der Waals surface area contributed by atoms with E-state index in [2.05, 4.69) is 0 Å². The van der Waals surface area contributed by atoms with E-state index < -0.39 is 12.1 Å². The Morgan fingerprint density at radius 1 is 1.38 bits per heavy atom. The summed E-state index contributed by atoms with van der Waals surface area (Å²) in [5, 5.41) is 0.609. The number of nitrogens with zero attached hydrogens (tertiary/aromatic N) is 1. The van der Waals surface area contributed by atoms with Gasteiger partial charge >= 0.3 is 5.97 Å². The van der Waals surface area contributed by atoms with Gasteiger partial charge in [0.1, 0.15) is 12.3 Å². The van der Waals surface area contributed by atoms with Crippen LogP contribution in [0.1, 0.15) is 19.4 Å². The fraction of sp³-hybridized carbons (Fsp3) is 0.467. The van der Waals surface area contributed by atoms with E-state index in [1.54, 1.807) is 32.0 Å². The summed E-state index contributed by atoms with van der Waals surface area (Å²) in [4.78, 5) is 24.8. The minimum atomic E-state index is -0.704. The van der Waals surface area contributed by atoms with Crippen molar-refractivity contribution in [1.82, 2.24) is 4.90 Å². The molecule has 1 atom stereocenters. The van der Waals surface area contributed by atoms with Crippen LogP contribution in [0.15, 0.2) is 18.2 Å². The second kappa shape index (κ2) is 7.88. The standard InChI is InChI=1S/C15H20ClNO4/c1-5-20-14(18)9-17(4)15(19)11(3)21-13-7-6-12(16)8-10(13)2/h6-8,11H,5,9H2,1-4H3. The zero-order valence-electron chi connectivity index (χ0n) is 12.7. The Labute approximate surface area is 129 Å². The van der Waals surface area contributed by atoms with Crippen LogP contribution in [0.2, 0.25) is 5.02 Å². The molecule has 1 unspecified atom stereocenters. The molecule has 5 nitrogen and oxygen atoms in total. The zero-order chi connectivity index (χ0) is 16.0. The number of ether oxygens (including phenoxy) is 2. The van der Waals surface area contributed by atoms with E-state index in [-0.39, 0.29) is 19.1 Å². The largest absolute Gasteiger partial charge is 0.481 e. The maximum absolute atomic E-state index is 12.1. The van der Waals surface area contributed by atoms with Crippen LogP contribution in [0.25, 0.3) is 0 Å². The van der Waals surface area contributed by atoms with Gasteiger partial charge in [0.2, 0.25) is 0 Å². The lowest BCUT2D eigenvalue weighted by atomic mass is 10.2. The summed E-state index contributed by atoms with van der Waals surface area (Å²) in [6.45, 7) is 5.39. The van der Waals surface area contributed by atoms with E-state index in [1.807, 2.05) is 6.92 Å². The lowest BCUT2D eigenvalue weighted by molar-refractivity contribution is -0.150. The van der Waals surface area contributed by atoms with Gasteiger partial charge in [-0.05, 0) is 44.5 Å². The monoisotopic (exact) mass is 313 g/mol. The molecular formula is C15H20ClNO4. The van der Waals surface area contributed by atoms with Gasteiger partial charge in [-0.3, -0.25) is 9.59 Å². The van der Waals surface area contributed by atoms with Crippen LogP contribution in [0.3, 0.4) is 0 Å². The minimum Gasteiger partial charge on any atom is -0.481 e. The van der Waals surface area contributed by atoms with E-state index in [1.165, 1.54) is 11.9 Å². The minimum absolute atomic E-state index is 0.0972. The zero-order valence-corrected chi connectivity index (χ0v) is 13.4. The Bertz CT molecular complexity index is 518. The number of carbonyl (C=O) groups is 2. The molecule has 0 aliphatic heterocycles. The van der Waals surface area contributed by atoms with Crippen molar-refractivity contribution in [2.24, 2.45) is 0 Å². The molecule has 0 aromatic heterocycles. The Kier molecular flexibility index (Phi) is 6.49. The number of halogens is 1. The third kappa shape index (κ3) is 5.27. The first-order chi connectivity index (χ1) is 9.85. The van der Waals surface area contributed by atoms with Crippen LogP contribution < -0.4 is 4.74 Å². The van der Waals surface area contributed by atoms with Gasteiger partial charge in [-0.1, -0.05) is 11.6 Å². The van der Waals surface area contributed by atoms with E-state index in [4.69, 9.17) is 21.1 Å². The van der Waals surface area contributed by atoms with Gasteiger partial charge in [0.05, 0.1) is 6.61 Å². The maximum Gasteiger partial charge on any atom is 0.325 e. The van der Waals surface area contributed by atoms with Crippen LogP contribution in [-0.2, 0) is 14.3 Å². The Morgan fingerprint density at radius 2 is 2.05 bits per heavy atom.